The Morgan fingerprint density at radius 1 is 1.67 bits per heavy atom. The smallest absolute Gasteiger partial charge is 0.350 e. The van der Waals surface area contributed by atoms with Gasteiger partial charge in [0.05, 0.1) is 17.2 Å². The lowest BCUT2D eigenvalue weighted by Crippen LogP contribution is -2.04. The fourth-order valence-electron chi connectivity index (χ4n) is 1.14. The lowest BCUT2D eigenvalue weighted by Gasteiger charge is -2.00. The fourth-order valence-corrected chi connectivity index (χ4v) is 3.06. The maximum absolute atomic E-state index is 11.5. The van der Waals surface area contributed by atoms with E-state index in [4.69, 9.17) is 10.5 Å². The number of hydrogen-bond acceptors (Lipinski definition) is 6. The third-order valence-electron chi connectivity index (χ3n) is 1.79. The molecule has 1 aromatic heterocycles. The maximum atomic E-state index is 11.5. The average molecular weight is 246 g/mol. The number of thiophene rings is 1. The molecule has 0 spiro atoms. The van der Waals surface area contributed by atoms with Crippen molar-refractivity contribution in [2.75, 3.05) is 31.0 Å². The topological polar surface area (TPSA) is 64.3 Å². The summed E-state index contributed by atoms with van der Waals surface area (Å²) in [6.45, 7) is 2.13. The van der Waals surface area contributed by atoms with Crippen LogP contribution in [0, 0.1) is 0 Å². The summed E-state index contributed by atoms with van der Waals surface area (Å²) >= 11 is 2.85. The standard InChI is InChI=1S/C9H14N2O2S2/c1-4-13-9(12)7-5(10)6(14-3)8(11-2)15-7/h11H,4,10H2,1-3H3. The van der Waals surface area contributed by atoms with Gasteiger partial charge in [0.25, 0.3) is 0 Å². The monoisotopic (exact) mass is 246 g/mol. The van der Waals surface area contributed by atoms with Gasteiger partial charge in [0.15, 0.2) is 0 Å². The molecule has 0 aromatic carbocycles. The van der Waals surface area contributed by atoms with Gasteiger partial charge in [-0.15, -0.1) is 23.1 Å². The number of hydrogen-bond donors (Lipinski definition) is 2. The van der Waals surface area contributed by atoms with Crippen LogP contribution in [0.4, 0.5) is 10.7 Å². The Morgan fingerprint density at radius 3 is 2.73 bits per heavy atom. The van der Waals surface area contributed by atoms with Crippen LogP contribution in [-0.4, -0.2) is 25.9 Å². The third kappa shape index (κ3) is 2.38. The fraction of sp³-hybridized carbons (Fsp3) is 0.444. The van der Waals surface area contributed by atoms with Gasteiger partial charge in [0.1, 0.15) is 9.88 Å². The van der Waals surface area contributed by atoms with Crippen molar-refractivity contribution in [3.63, 3.8) is 0 Å². The van der Waals surface area contributed by atoms with E-state index >= 15 is 0 Å². The third-order valence-corrected chi connectivity index (χ3v) is 3.96. The minimum atomic E-state index is -0.350. The number of carbonyl (C=O) groups is 1. The molecular weight excluding hydrogens is 232 g/mol. The van der Waals surface area contributed by atoms with Crippen LogP contribution in [0.3, 0.4) is 0 Å². The number of esters is 1. The molecule has 0 bridgehead atoms. The summed E-state index contributed by atoms with van der Waals surface area (Å²) in [6, 6.07) is 0. The first-order valence-corrected chi connectivity index (χ1v) is 6.50. The molecule has 6 heteroatoms. The van der Waals surface area contributed by atoms with Crippen molar-refractivity contribution in [2.45, 2.75) is 11.8 Å². The summed E-state index contributed by atoms with van der Waals surface area (Å²) in [5, 5.41) is 3.92. The van der Waals surface area contributed by atoms with Gasteiger partial charge in [-0.1, -0.05) is 0 Å². The molecule has 0 fully saturated rings. The van der Waals surface area contributed by atoms with Crippen molar-refractivity contribution in [3.05, 3.63) is 4.88 Å². The number of carbonyl (C=O) groups excluding carboxylic acids is 1. The molecule has 0 saturated carbocycles. The van der Waals surface area contributed by atoms with Crippen LogP contribution in [0.1, 0.15) is 16.6 Å². The number of rotatable bonds is 4. The minimum Gasteiger partial charge on any atom is -0.462 e. The normalized spacial score (nSPS) is 10.1. The zero-order valence-electron chi connectivity index (χ0n) is 8.92. The van der Waals surface area contributed by atoms with Crippen LogP contribution in [0.5, 0.6) is 0 Å². The summed E-state index contributed by atoms with van der Waals surface area (Å²) in [5.74, 6) is -0.350. The molecule has 0 radical (unpaired) electrons. The van der Waals surface area contributed by atoms with Gasteiger partial charge in [-0.05, 0) is 13.2 Å². The van der Waals surface area contributed by atoms with Gasteiger partial charge in [0.2, 0.25) is 0 Å². The molecule has 1 rings (SSSR count). The highest BCUT2D eigenvalue weighted by Crippen LogP contribution is 2.41. The van der Waals surface area contributed by atoms with E-state index in [1.54, 1.807) is 14.0 Å². The number of nitrogens with two attached hydrogens (primary N) is 1. The van der Waals surface area contributed by atoms with Crippen molar-refractivity contribution in [2.24, 2.45) is 0 Å². The largest absolute Gasteiger partial charge is 0.462 e. The molecule has 1 heterocycles. The van der Waals surface area contributed by atoms with Crippen molar-refractivity contribution in [3.8, 4) is 0 Å². The number of nitrogen functional groups attached to an aromatic ring is 1. The Hall–Kier alpha value is -0.880. The van der Waals surface area contributed by atoms with Gasteiger partial charge in [-0.2, -0.15) is 0 Å². The van der Waals surface area contributed by atoms with Gasteiger partial charge in [-0.3, -0.25) is 0 Å². The quantitative estimate of drug-likeness (QED) is 0.630. The maximum Gasteiger partial charge on any atom is 0.350 e. The highest BCUT2D eigenvalue weighted by atomic mass is 32.2. The van der Waals surface area contributed by atoms with Crippen LogP contribution in [-0.2, 0) is 4.74 Å². The second-order valence-corrected chi connectivity index (χ2v) is 4.51. The molecule has 0 aliphatic rings. The molecule has 84 valence electrons. The van der Waals surface area contributed by atoms with Gasteiger partial charge < -0.3 is 15.8 Å². The van der Waals surface area contributed by atoms with E-state index in [1.807, 2.05) is 6.26 Å². The molecular formula is C9H14N2O2S2. The van der Waals surface area contributed by atoms with E-state index in [-0.39, 0.29) is 5.97 Å². The Balaban J connectivity index is 3.09. The number of anilines is 2. The lowest BCUT2D eigenvalue weighted by molar-refractivity contribution is 0.0533. The summed E-state index contributed by atoms with van der Waals surface area (Å²) in [5.41, 5.74) is 6.38. The van der Waals surface area contributed by atoms with E-state index < -0.39 is 0 Å². The van der Waals surface area contributed by atoms with Crippen LogP contribution in [0.25, 0.3) is 0 Å². The molecule has 0 saturated heterocycles. The summed E-state index contributed by atoms with van der Waals surface area (Å²) in [6.07, 6.45) is 1.92. The number of ether oxygens (including phenoxy) is 1. The average Bonchev–Trinajstić information content (AvgIpc) is 2.55. The van der Waals surface area contributed by atoms with Gasteiger partial charge in [0, 0.05) is 7.05 Å². The predicted molar refractivity (Wildman–Crippen MR) is 66.0 cm³/mol. The lowest BCUT2D eigenvalue weighted by atomic mass is 10.4. The Bertz CT molecular complexity index is 363. The van der Waals surface area contributed by atoms with E-state index in [1.165, 1.54) is 23.1 Å². The molecule has 15 heavy (non-hydrogen) atoms. The highest BCUT2D eigenvalue weighted by molar-refractivity contribution is 7.99. The minimum absolute atomic E-state index is 0.350. The Labute approximate surface area is 97.2 Å². The molecule has 0 atom stereocenters. The first-order valence-electron chi connectivity index (χ1n) is 4.46. The summed E-state index contributed by atoms with van der Waals surface area (Å²) in [4.78, 5) is 12.9. The van der Waals surface area contributed by atoms with Crippen LogP contribution in [0.15, 0.2) is 4.90 Å². The molecule has 0 aliphatic heterocycles. The van der Waals surface area contributed by atoms with Crippen molar-refractivity contribution >= 4 is 39.8 Å². The second kappa shape index (κ2) is 5.27. The van der Waals surface area contributed by atoms with Crippen molar-refractivity contribution < 1.29 is 9.53 Å². The van der Waals surface area contributed by atoms with Gasteiger partial charge in [-0.25, -0.2) is 4.79 Å². The summed E-state index contributed by atoms with van der Waals surface area (Å²) < 4.78 is 4.92. The molecule has 3 N–H and O–H groups in total. The van der Waals surface area contributed by atoms with Crippen LogP contribution >= 0.6 is 23.1 Å². The molecule has 1 aromatic rings. The van der Waals surface area contributed by atoms with Crippen molar-refractivity contribution in [1.29, 1.82) is 0 Å². The SMILES string of the molecule is CCOC(=O)c1sc(NC)c(SC)c1N. The van der Waals surface area contributed by atoms with E-state index in [0.29, 0.717) is 17.2 Å². The Kier molecular flexibility index (Phi) is 4.28. The zero-order valence-corrected chi connectivity index (χ0v) is 10.6. The van der Waals surface area contributed by atoms with Gasteiger partial charge >= 0.3 is 5.97 Å². The summed E-state index contributed by atoms with van der Waals surface area (Å²) in [7, 11) is 1.81. The van der Waals surface area contributed by atoms with E-state index in [0.717, 1.165) is 9.90 Å². The van der Waals surface area contributed by atoms with Crippen molar-refractivity contribution in [1.82, 2.24) is 0 Å². The number of nitrogens with one attached hydrogen (secondary N) is 1. The molecule has 0 amide bonds. The van der Waals surface area contributed by atoms with Crippen LogP contribution < -0.4 is 11.1 Å². The number of thioether (sulfide) groups is 1. The highest BCUT2D eigenvalue weighted by Gasteiger charge is 2.20. The molecule has 0 unspecified atom stereocenters. The van der Waals surface area contributed by atoms with Crippen LogP contribution in [0.2, 0.25) is 0 Å². The van der Waals surface area contributed by atoms with E-state index in [9.17, 15) is 4.79 Å². The Morgan fingerprint density at radius 2 is 2.33 bits per heavy atom. The first-order chi connectivity index (χ1) is 7.15. The molecule has 4 nitrogen and oxygen atoms in total. The van der Waals surface area contributed by atoms with E-state index in [2.05, 4.69) is 5.32 Å². The zero-order chi connectivity index (χ0) is 11.4. The first kappa shape index (κ1) is 12.2. The second-order valence-electron chi connectivity index (χ2n) is 2.68. The molecule has 0 aliphatic carbocycles. The predicted octanol–water partition coefficient (Wildman–Crippen LogP) is 2.27.